The maximum absolute atomic E-state index is 11.7. The van der Waals surface area contributed by atoms with Gasteiger partial charge in [-0.3, -0.25) is 9.59 Å². The van der Waals surface area contributed by atoms with Crippen LogP contribution in [0.1, 0.15) is 45.5 Å². The molecule has 0 unspecified atom stereocenters. The highest BCUT2D eigenvalue weighted by molar-refractivity contribution is 8.13. The van der Waals surface area contributed by atoms with Gasteiger partial charge in [-0.05, 0) is 24.8 Å². The van der Waals surface area contributed by atoms with Crippen molar-refractivity contribution in [3.8, 4) is 0 Å². The molecule has 1 rings (SSSR count). The first kappa shape index (κ1) is 16.8. The molecular formula is C16H25NO2S. The molecule has 0 saturated heterocycles. The Balaban J connectivity index is 0.00000400. The van der Waals surface area contributed by atoms with Crippen LogP contribution in [0.5, 0.6) is 0 Å². The summed E-state index contributed by atoms with van der Waals surface area (Å²) in [5, 5.41) is 0.269. The van der Waals surface area contributed by atoms with E-state index in [4.69, 9.17) is 5.73 Å². The molecule has 0 bridgehead atoms. The number of unbranched alkanes of at least 4 members (excludes halogenated alkanes) is 3. The highest BCUT2D eigenvalue weighted by atomic mass is 32.2. The number of hydrogen-bond acceptors (Lipinski definition) is 3. The van der Waals surface area contributed by atoms with Gasteiger partial charge in [0.1, 0.15) is 0 Å². The summed E-state index contributed by atoms with van der Waals surface area (Å²) < 4.78 is 0. The van der Waals surface area contributed by atoms with Gasteiger partial charge in [0.15, 0.2) is 5.12 Å². The SMILES string of the molecule is NC(=O)CCCCCCSC(=O)CCc1ccccc1.[HH]. The smallest absolute Gasteiger partial charge is 0.217 e. The number of aryl methyl sites for hydroxylation is 1. The van der Waals surface area contributed by atoms with Gasteiger partial charge in [0.25, 0.3) is 0 Å². The van der Waals surface area contributed by atoms with Crippen LogP contribution in [-0.2, 0) is 16.0 Å². The van der Waals surface area contributed by atoms with E-state index in [0.717, 1.165) is 37.9 Å². The summed E-state index contributed by atoms with van der Waals surface area (Å²) >= 11 is 1.43. The van der Waals surface area contributed by atoms with Crippen molar-refractivity contribution in [2.75, 3.05) is 5.75 Å². The molecule has 2 N–H and O–H groups in total. The lowest BCUT2D eigenvalue weighted by Crippen LogP contribution is -2.09. The molecule has 0 aliphatic carbocycles. The molecule has 20 heavy (non-hydrogen) atoms. The maximum Gasteiger partial charge on any atom is 0.217 e. The summed E-state index contributed by atoms with van der Waals surface area (Å²) in [6, 6.07) is 10.1. The van der Waals surface area contributed by atoms with Crippen molar-refractivity contribution in [2.24, 2.45) is 5.73 Å². The Hall–Kier alpha value is -1.29. The van der Waals surface area contributed by atoms with Crippen molar-refractivity contribution in [1.82, 2.24) is 0 Å². The van der Waals surface area contributed by atoms with E-state index < -0.39 is 0 Å². The van der Waals surface area contributed by atoms with Crippen molar-refractivity contribution in [1.29, 1.82) is 0 Å². The third-order valence-electron chi connectivity index (χ3n) is 3.04. The summed E-state index contributed by atoms with van der Waals surface area (Å²) in [6.07, 6.45) is 5.88. The van der Waals surface area contributed by atoms with Crippen LogP contribution in [0.3, 0.4) is 0 Å². The zero-order chi connectivity index (χ0) is 14.6. The molecule has 0 fully saturated rings. The lowest BCUT2D eigenvalue weighted by Gasteiger charge is -2.02. The second kappa shape index (κ2) is 10.5. The molecule has 1 aromatic carbocycles. The fraction of sp³-hybridized carbons (Fsp3) is 0.500. The molecular weight excluding hydrogens is 270 g/mol. The highest BCUT2D eigenvalue weighted by Crippen LogP contribution is 2.13. The molecule has 3 nitrogen and oxygen atoms in total. The maximum atomic E-state index is 11.7. The standard InChI is InChI=1S/C16H23NO2S.H2/c17-15(18)10-6-1-2-7-13-20-16(19)12-11-14-8-4-3-5-9-14;/h3-5,8-9H,1-2,6-7,10-13H2,(H2,17,18);1H. The average Bonchev–Trinajstić information content (AvgIpc) is 2.45. The Morgan fingerprint density at radius 1 is 1.00 bits per heavy atom. The van der Waals surface area contributed by atoms with Crippen LogP contribution in [0.2, 0.25) is 0 Å². The Kier molecular flexibility index (Phi) is 8.79. The number of benzene rings is 1. The normalized spacial score (nSPS) is 10.4. The van der Waals surface area contributed by atoms with Gasteiger partial charge in [-0.2, -0.15) is 0 Å². The summed E-state index contributed by atoms with van der Waals surface area (Å²) in [5.74, 6) is 0.653. The first-order chi connectivity index (χ1) is 9.68. The van der Waals surface area contributed by atoms with E-state index in [-0.39, 0.29) is 12.4 Å². The van der Waals surface area contributed by atoms with Crippen molar-refractivity contribution in [3.63, 3.8) is 0 Å². The molecule has 0 aliphatic rings. The van der Waals surface area contributed by atoms with E-state index in [0.29, 0.717) is 12.8 Å². The van der Waals surface area contributed by atoms with Crippen LogP contribution in [0, 0.1) is 0 Å². The van der Waals surface area contributed by atoms with E-state index in [9.17, 15) is 9.59 Å². The summed E-state index contributed by atoms with van der Waals surface area (Å²) in [7, 11) is 0. The molecule has 0 heterocycles. The fourth-order valence-electron chi connectivity index (χ4n) is 1.90. The molecule has 0 aromatic heterocycles. The fourth-order valence-corrected chi connectivity index (χ4v) is 2.73. The third kappa shape index (κ3) is 8.75. The van der Waals surface area contributed by atoms with E-state index in [1.165, 1.54) is 17.3 Å². The van der Waals surface area contributed by atoms with Gasteiger partial charge in [0.2, 0.25) is 5.91 Å². The highest BCUT2D eigenvalue weighted by Gasteiger charge is 2.03. The van der Waals surface area contributed by atoms with E-state index >= 15 is 0 Å². The molecule has 0 spiro atoms. The molecule has 0 aliphatic heterocycles. The molecule has 4 heteroatoms. The predicted octanol–water partition coefficient (Wildman–Crippen LogP) is 3.56. The molecule has 0 radical (unpaired) electrons. The van der Waals surface area contributed by atoms with Gasteiger partial charge in [-0.25, -0.2) is 0 Å². The zero-order valence-corrected chi connectivity index (χ0v) is 12.7. The van der Waals surface area contributed by atoms with Crippen LogP contribution in [0.25, 0.3) is 0 Å². The first-order valence-corrected chi connectivity index (χ1v) is 8.15. The molecule has 0 atom stereocenters. The van der Waals surface area contributed by atoms with Gasteiger partial charge in [-0.15, -0.1) is 0 Å². The number of carbonyl (C=O) groups excluding carboxylic acids is 2. The number of carbonyl (C=O) groups is 2. The third-order valence-corrected chi connectivity index (χ3v) is 4.06. The van der Waals surface area contributed by atoms with Crippen LogP contribution in [0.15, 0.2) is 30.3 Å². The number of primary amides is 1. The van der Waals surface area contributed by atoms with Crippen LogP contribution in [-0.4, -0.2) is 16.8 Å². The monoisotopic (exact) mass is 295 g/mol. The second-order valence-electron chi connectivity index (χ2n) is 4.84. The van der Waals surface area contributed by atoms with E-state index in [1.807, 2.05) is 18.2 Å². The first-order valence-electron chi connectivity index (χ1n) is 7.16. The van der Waals surface area contributed by atoms with E-state index in [2.05, 4.69) is 12.1 Å². The zero-order valence-electron chi connectivity index (χ0n) is 11.8. The summed E-state index contributed by atoms with van der Waals surface area (Å²) in [4.78, 5) is 22.2. The average molecular weight is 295 g/mol. The number of hydrogen-bond donors (Lipinski definition) is 1. The van der Waals surface area contributed by atoms with Crippen molar-refractivity contribution in [3.05, 3.63) is 35.9 Å². The molecule has 1 amide bonds. The van der Waals surface area contributed by atoms with Crippen molar-refractivity contribution >= 4 is 22.8 Å². The Morgan fingerprint density at radius 3 is 2.40 bits per heavy atom. The minimum Gasteiger partial charge on any atom is -0.370 e. The number of amides is 1. The number of rotatable bonds is 10. The lowest BCUT2D eigenvalue weighted by molar-refractivity contribution is -0.118. The van der Waals surface area contributed by atoms with Crippen LogP contribution in [0.4, 0.5) is 0 Å². The van der Waals surface area contributed by atoms with Crippen LogP contribution < -0.4 is 5.73 Å². The molecule has 0 saturated carbocycles. The summed E-state index contributed by atoms with van der Waals surface area (Å²) in [5.41, 5.74) is 6.28. The van der Waals surface area contributed by atoms with Gasteiger partial charge >= 0.3 is 0 Å². The predicted molar refractivity (Wildman–Crippen MR) is 86.6 cm³/mol. The van der Waals surface area contributed by atoms with Gasteiger partial charge in [-0.1, -0.05) is 54.9 Å². The minimum atomic E-state index is -0.226. The Bertz CT molecular complexity index is 412. The molecule has 112 valence electrons. The number of thioether (sulfide) groups is 1. The van der Waals surface area contributed by atoms with Crippen LogP contribution >= 0.6 is 11.8 Å². The van der Waals surface area contributed by atoms with Gasteiger partial charge in [0, 0.05) is 20.0 Å². The number of nitrogens with two attached hydrogens (primary N) is 1. The minimum absolute atomic E-state index is 0. The second-order valence-corrected chi connectivity index (χ2v) is 5.99. The largest absolute Gasteiger partial charge is 0.370 e. The van der Waals surface area contributed by atoms with Crippen molar-refractivity contribution < 1.29 is 11.0 Å². The Labute approximate surface area is 126 Å². The lowest BCUT2D eigenvalue weighted by atomic mass is 10.1. The van der Waals surface area contributed by atoms with Gasteiger partial charge in [0.05, 0.1) is 0 Å². The topological polar surface area (TPSA) is 60.2 Å². The summed E-state index contributed by atoms with van der Waals surface area (Å²) in [6.45, 7) is 0. The van der Waals surface area contributed by atoms with E-state index in [1.54, 1.807) is 0 Å². The molecule has 1 aromatic rings. The quantitative estimate of drug-likeness (QED) is 0.671. The van der Waals surface area contributed by atoms with Crippen molar-refractivity contribution in [2.45, 2.75) is 44.9 Å². The Morgan fingerprint density at radius 2 is 1.70 bits per heavy atom. The van der Waals surface area contributed by atoms with Gasteiger partial charge < -0.3 is 5.73 Å².